The van der Waals surface area contributed by atoms with Gasteiger partial charge in [0.25, 0.3) is 5.91 Å². The van der Waals surface area contributed by atoms with E-state index < -0.39 is 0 Å². The molecule has 0 fully saturated rings. The number of halogens is 1. The number of fused-ring (bicyclic) bond motifs is 1. The van der Waals surface area contributed by atoms with E-state index in [0.717, 1.165) is 16.3 Å². The molecule has 0 aliphatic carbocycles. The van der Waals surface area contributed by atoms with Crippen molar-refractivity contribution >= 4 is 34.5 Å². The normalized spacial score (nSPS) is 12.7. The number of amides is 2. The van der Waals surface area contributed by atoms with E-state index in [1.165, 1.54) is 23.5 Å². The second-order valence-corrected chi connectivity index (χ2v) is 7.14. The largest absolute Gasteiger partial charge is 0.479 e. The number of nitrogens with one attached hydrogen (secondary N) is 2. The van der Waals surface area contributed by atoms with E-state index in [1.807, 2.05) is 5.38 Å². The lowest BCUT2D eigenvalue weighted by Crippen LogP contribution is -2.26. The molecule has 3 aromatic rings. The van der Waals surface area contributed by atoms with Crippen molar-refractivity contribution in [2.24, 2.45) is 0 Å². The van der Waals surface area contributed by atoms with E-state index in [0.29, 0.717) is 23.5 Å². The smallest absolute Gasteiger partial charge is 0.262 e. The SMILES string of the molecule is O=C(CCc1nc(-c2ccc(F)cc2)cs1)Nc1cccc2c1OCC(=O)N2. The van der Waals surface area contributed by atoms with Crippen molar-refractivity contribution in [3.05, 3.63) is 58.7 Å². The highest BCUT2D eigenvalue weighted by Gasteiger charge is 2.20. The molecule has 0 saturated heterocycles. The molecule has 142 valence electrons. The number of ether oxygens (including phenoxy) is 1. The molecule has 1 aliphatic rings. The molecule has 0 bridgehead atoms. The summed E-state index contributed by atoms with van der Waals surface area (Å²) in [6.07, 6.45) is 0.747. The van der Waals surface area contributed by atoms with Gasteiger partial charge in [0.1, 0.15) is 5.82 Å². The molecule has 6 nitrogen and oxygen atoms in total. The molecular weight excluding hydrogens is 381 g/mol. The molecule has 4 rings (SSSR count). The Morgan fingerprint density at radius 2 is 2.07 bits per heavy atom. The van der Waals surface area contributed by atoms with Crippen LogP contribution in [-0.4, -0.2) is 23.4 Å². The maximum Gasteiger partial charge on any atom is 0.262 e. The number of carbonyl (C=O) groups excluding carboxylic acids is 2. The quantitative estimate of drug-likeness (QED) is 0.685. The number of benzene rings is 2. The van der Waals surface area contributed by atoms with Crippen LogP contribution in [0.4, 0.5) is 15.8 Å². The zero-order valence-electron chi connectivity index (χ0n) is 14.7. The number of aryl methyl sites for hydroxylation is 1. The third kappa shape index (κ3) is 4.01. The second-order valence-electron chi connectivity index (χ2n) is 6.20. The number of rotatable bonds is 5. The first kappa shape index (κ1) is 18.1. The summed E-state index contributed by atoms with van der Waals surface area (Å²) in [5, 5.41) is 8.25. The first-order valence-electron chi connectivity index (χ1n) is 8.64. The van der Waals surface area contributed by atoms with Gasteiger partial charge in [-0.3, -0.25) is 9.59 Å². The molecule has 2 N–H and O–H groups in total. The van der Waals surface area contributed by atoms with E-state index >= 15 is 0 Å². The van der Waals surface area contributed by atoms with Gasteiger partial charge in [0.2, 0.25) is 5.91 Å². The highest BCUT2D eigenvalue weighted by Crippen LogP contribution is 2.35. The summed E-state index contributed by atoms with van der Waals surface area (Å²) in [4.78, 5) is 28.2. The fraction of sp³-hybridized carbons (Fsp3) is 0.150. The Bertz CT molecular complexity index is 1030. The third-order valence-corrected chi connectivity index (χ3v) is 5.08. The van der Waals surface area contributed by atoms with Crippen LogP contribution in [0.25, 0.3) is 11.3 Å². The summed E-state index contributed by atoms with van der Waals surface area (Å²) in [5.74, 6) is -0.227. The number of carbonyl (C=O) groups is 2. The second kappa shape index (κ2) is 7.77. The molecule has 2 amide bonds. The van der Waals surface area contributed by atoms with Gasteiger partial charge in [-0.05, 0) is 36.4 Å². The monoisotopic (exact) mass is 397 g/mol. The lowest BCUT2D eigenvalue weighted by atomic mass is 10.2. The number of hydrogen-bond donors (Lipinski definition) is 2. The molecule has 1 aliphatic heterocycles. The van der Waals surface area contributed by atoms with E-state index in [2.05, 4.69) is 15.6 Å². The van der Waals surface area contributed by atoms with Gasteiger partial charge in [-0.2, -0.15) is 0 Å². The predicted octanol–water partition coefficient (Wildman–Crippen LogP) is 3.85. The molecule has 1 aromatic heterocycles. The topological polar surface area (TPSA) is 80.3 Å². The Balaban J connectivity index is 1.37. The van der Waals surface area contributed by atoms with Gasteiger partial charge >= 0.3 is 0 Å². The van der Waals surface area contributed by atoms with Crippen LogP contribution < -0.4 is 15.4 Å². The number of anilines is 2. The van der Waals surface area contributed by atoms with Crippen LogP contribution in [0.2, 0.25) is 0 Å². The molecule has 0 radical (unpaired) electrons. The minimum Gasteiger partial charge on any atom is -0.479 e. The Kier molecular flexibility index (Phi) is 5.03. The fourth-order valence-electron chi connectivity index (χ4n) is 2.83. The van der Waals surface area contributed by atoms with Gasteiger partial charge in [-0.1, -0.05) is 6.07 Å². The number of hydrogen-bond acceptors (Lipinski definition) is 5. The number of thiazole rings is 1. The zero-order valence-corrected chi connectivity index (χ0v) is 15.5. The molecule has 2 aromatic carbocycles. The molecule has 28 heavy (non-hydrogen) atoms. The van der Waals surface area contributed by atoms with Crippen LogP contribution in [0.5, 0.6) is 5.75 Å². The summed E-state index contributed by atoms with van der Waals surface area (Å²) in [6.45, 7) is -0.0782. The summed E-state index contributed by atoms with van der Waals surface area (Å²) in [7, 11) is 0. The molecule has 0 saturated carbocycles. The maximum atomic E-state index is 13.0. The molecule has 0 spiro atoms. The van der Waals surface area contributed by atoms with Crippen LogP contribution in [0, 0.1) is 5.82 Å². The number of para-hydroxylation sites is 1. The number of nitrogens with zero attached hydrogens (tertiary/aromatic N) is 1. The standard InChI is InChI=1S/C20H16FN3O3S/c21-13-6-4-12(5-7-13)16-11-28-19(24-16)9-8-17(25)22-14-2-1-3-15-20(14)27-10-18(26)23-15/h1-7,11H,8-10H2,(H,22,25)(H,23,26). The lowest BCUT2D eigenvalue weighted by Gasteiger charge is -2.20. The Morgan fingerprint density at radius 1 is 1.25 bits per heavy atom. The Hall–Kier alpha value is -3.26. The van der Waals surface area contributed by atoms with Crippen molar-refractivity contribution in [2.75, 3.05) is 17.2 Å². The zero-order chi connectivity index (χ0) is 19.5. The van der Waals surface area contributed by atoms with Crippen molar-refractivity contribution in [3.63, 3.8) is 0 Å². The van der Waals surface area contributed by atoms with Crippen LogP contribution in [0.15, 0.2) is 47.8 Å². The minimum absolute atomic E-state index is 0.0782. The summed E-state index contributed by atoms with van der Waals surface area (Å²) in [5.41, 5.74) is 2.66. The molecule has 0 atom stereocenters. The molecule has 2 heterocycles. The van der Waals surface area contributed by atoms with Gasteiger partial charge in [0, 0.05) is 23.8 Å². The molecule has 0 unspecified atom stereocenters. The number of aromatic nitrogens is 1. The maximum absolute atomic E-state index is 13.0. The van der Waals surface area contributed by atoms with Gasteiger partial charge in [0.05, 0.1) is 22.1 Å². The van der Waals surface area contributed by atoms with Gasteiger partial charge in [-0.15, -0.1) is 11.3 Å². The average Bonchev–Trinajstić information content (AvgIpc) is 3.16. The predicted molar refractivity (Wildman–Crippen MR) is 105 cm³/mol. The van der Waals surface area contributed by atoms with E-state index in [1.54, 1.807) is 30.3 Å². The van der Waals surface area contributed by atoms with Crippen LogP contribution in [0.3, 0.4) is 0 Å². The lowest BCUT2D eigenvalue weighted by molar-refractivity contribution is -0.118. The summed E-state index contributed by atoms with van der Waals surface area (Å²) < 4.78 is 18.5. The van der Waals surface area contributed by atoms with Crippen LogP contribution in [0.1, 0.15) is 11.4 Å². The van der Waals surface area contributed by atoms with Gasteiger partial charge in [-0.25, -0.2) is 9.37 Å². The molecular formula is C20H16FN3O3S. The van der Waals surface area contributed by atoms with E-state index in [-0.39, 0.29) is 30.7 Å². The summed E-state index contributed by atoms with van der Waals surface area (Å²) >= 11 is 1.46. The first-order chi connectivity index (χ1) is 13.6. The average molecular weight is 397 g/mol. The third-order valence-electron chi connectivity index (χ3n) is 4.17. The van der Waals surface area contributed by atoms with Crippen molar-refractivity contribution in [3.8, 4) is 17.0 Å². The minimum atomic E-state index is -0.289. The van der Waals surface area contributed by atoms with Crippen molar-refractivity contribution in [1.82, 2.24) is 4.98 Å². The highest BCUT2D eigenvalue weighted by atomic mass is 32.1. The van der Waals surface area contributed by atoms with Crippen molar-refractivity contribution in [1.29, 1.82) is 0 Å². The van der Waals surface area contributed by atoms with E-state index in [4.69, 9.17) is 4.74 Å². The van der Waals surface area contributed by atoms with Crippen molar-refractivity contribution < 1.29 is 18.7 Å². The van der Waals surface area contributed by atoms with Crippen LogP contribution >= 0.6 is 11.3 Å². The highest BCUT2D eigenvalue weighted by molar-refractivity contribution is 7.09. The summed E-state index contributed by atoms with van der Waals surface area (Å²) in [6, 6.07) is 11.3. The van der Waals surface area contributed by atoms with Gasteiger partial charge < -0.3 is 15.4 Å². The fourth-order valence-corrected chi connectivity index (χ4v) is 3.63. The van der Waals surface area contributed by atoms with Crippen molar-refractivity contribution in [2.45, 2.75) is 12.8 Å². The Labute approximate surface area is 164 Å². The molecule has 8 heteroatoms. The van der Waals surface area contributed by atoms with Crippen LogP contribution in [-0.2, 0) is 16.0 Å². The Morgan fingerprint density at radius 3 is 2.89 bits per heavy atom. The van der Waals surface area contributed by atoms with Gasteiger partial charge in [0.15, 0.2) is 12.4 Å². The first-order valence-corrected chi connectivity index (χ1v) is 9.52. The van der Waals surface area contributed by atoms with E-state index in [9.17, 15) is 14.0 Å².